The monoisotopic (exact) mass is 531 g/mol. The van der Waals surface area contributed by atoms with Crippen LogP contribution in [0, 0.1) is 5.82 Å². The van der Waals surface area contributed by atoms with Crippen molar-refractivity contribution in [1.29, 1.82) is 0 Å². The predicted molar refractivity (Wildman–Crippen MR) is 132 cm³/mol. The summed E-state index contributed by atoms with van der Waals surface area (Å²) in [5.74, 6) is 0.0512. The van der Waals surface area contributed by atoms with E-state index in [0.29, 0.717) is 18.1 Å². The van der Waals surface area contributed by atoms with Gasteiger partial charge in [-0.1, -0.05) is 11.6 Å². The Morgan fingerprint density at radius 3 is 2.44 bits per heavy atom. The molecule has 1 amide bonds. The van der Waals surface area contributed by atoms with Crippen LogP contribution < -0.4 is 10.2 Å². The Hall–Kier alpha value is -2.17. The first kappa shape index (κ1) is 26.4. The summed E-state index contributed by atoms with van der Waals surface area (Å²) in [6, 6.07) is 3.29. The highest BCUT2D eigenvalue weighted by molar-refractivity contribution is 7.90. The zero-order valence-corrected chi connectivity index (χ0v) is 21.2. The molecular weight excluding hydrogens is 504 g/mol. The second-order valence-electron chi connectivity index (χ2n) is 8.55. The van der Waals surface area contributed by atoms with Crippen molar-refractivity contribution in [3.63, 3.8) is 0 Å². The van der Waals surface area contributed by atoms with E-state index in [-0.39, 0.29) is 34.9 Å². The molecule has 2 saturated heterocycles. The fourth-order valence-electron chi connectivity index (χ4n) is 4.47. The molecule has 0 aliphatic carbocycles. The van der Waals surface area contributed by atoms with Crippen molar-refractivity contribution in [3.8, 4) is 0 Å². The van der Waals surface area contributed by atoms with Gasteiger partial charge in [0.05, 0.1) is 23.0 Å². The maximum absolute atomic E-state index is 14.6. The molecule has 1 aromatic carbocycles. The normalized spacial score (nSPS) is 20.0. The van der Waals surface area contributed by atoms with E-state index in [0.717, 1.165) is 56.9 Å². The van der Waals surface area contributed by atoms with E-state index in [1.165, 1.54) is 18.3 Å². The SMILES string of the molecule is CS(=O)(=O)c1ccc(NC2CCCCN(C3CCN(c4cnc(Cl)cn4)CC3)C2=O)c(F)c1.Cl. The number of likely N-dealkylation sites (tertiary alicyclic amines) is 1. The molecule has 2 fully saturated rings. The number of carbonyl (C=O) groups is 1. The van der Waals surface area contributed by atoms with Crippen LogP contribution in [-0.2, 0) is 14.6 Å². The molecule has 2 aliphatic heterocycles. The van der Waals surface area contributed by atoms with Gasteiger partial charge in [-0.2, -0.15) is 0 Å². The van der Waals surface area contributed by atoms with Gasteiger partial charge >= 0.3 is 0 Å². The first-order valence-electron chi connectivity index (χ1n) is 11.0. The minimum absolute atomic E-state index is 0. The molecule has 1 N–H and O–H groups in total. The summed E-state index contributed by atoms with van der Waals surface area (Å²) in [4.78, 5) is 25.8. The molecule has 1 atom stereocenters. The lowest BCUT2D eigenvalue weighted by Crippen LogP contribution is -2.51. The Morgan fingerprint density at radius 1 is 1.09 bits per heavy atom. The highest BCUT2D eigenvalue weighted by Gasteiger charge is 2.34. The highest BCUT2D eigenvalue weighted by Crippen LogP contribution is 2.27. The lowest BCUT2D eigenvalue weighted by Gasteiger charge is -2.39. The van der Waals surface area contributed by atoms with Gasteiger partial charge in [0.1, 0.15) is 22.8 Å². The van der Waals surface area contributed by atoms with Gasteiger partial charge < -0.3 is 15.1 Å². The number of halogens is 3. The zero-order chi connectivity index (χ0) is 23.6. The molecule has 0 radical (unpaired) electrons. The minimum atomic E-state index is -3.50. The molecule has 0 saturated carbocycles. The Balaban J connectivity index is 0.00000324. The summed E-state index contributed by atoms with van der Waals surface area (Å²) in [6.45, 7) is 2.19. The zero-order valence-electron chi connectivity index (χ0n) is 18.8. The molecule has 1 unspecified atom stereocenters. The second-order valence-corrected chi connectivity index (χ2v) is 11.0. The topological polar surface area (TPSA) is 95.5 Å². The third kappa shape index (κ3) is 6.09. The number of hydrogen-bond acceptors (Lipinski definition) is 7. The molecule has 34 heavy (non-hydrogen) atoms. The maximum atomic E-state index is 14.6. The van der Waals surface area contributed by atoms with Gasteiger partial charge in [0, 0.05) is 31.9 Å². The van der Waals surface area contributed by atoms with Crippen molar-refractivity contribution in [3.05, 3.63) is 41.6 Å². The van der Waals surface area contributed by atoms with E-state index in [9.17, 15) is 17.6 Å². The first-order valence-corrected chi connectivity index (χ1v) is 13.3. The summed E-state index contributed by atoms with van der Waals surface area (Å²) >= 11 is 5.82. The molecule has 3 heterocycles. The average Bonchev–Trinajstić information content (AvgIpc) is 2.96. The lowest BCUT2D eigenvalue weighted by molar-refractivity contribution is -0.134. The molecular formula is C22H28Cl2FN5O3S. The molecule has 2 aromatic rings. The Bertz CT molecular complexity index is 1110. The van der Waals surface area contributed by atoms with Crippen LogP contribution in [-0.4, -0.2) is 67.2 Å². The van der Waals surface area contributed by atoms with Crippen LogP contribution in [0.15, 0.2) is 35.5 Å². The first-order chi connectivity index (χ1) is 15.7. The fraction of sp³-hybridized carbons (Fsp3) is 0.500. The van der Waals surface area contributed by atoms with Crippen LogP contribution in [0.3, 0.4) is 0 Å². The number of nitrogens with zero attached hydrogens (tertiary/aromatic N) is 4. The number of aromatic nitrogens is 2. The summed E-state index contributed by atoms with van der Waals surface area (Å²) in [6.07, 6.45) is 8.17. The third-order valence-corrected chi connectivity index (χ3v) is 7.56. The average molecular weight is 532 g/mol. The molecule has 8 nitrogen and oxygen atoms in total. The van der Waals surface area contributed by atoms with Crippen LogP contribution in [0.25, 0.3) is 0 Å². The Labute approximate surface area is 210 Å². The summed E-state index contributed by atoms with van der Waals surface area (Å²) < 4.78 is 37.9. The van der Waals surface area contributed by atoms with Crippen LogP contribution >= 0.6 is 24.0 Å². The molecule has 4 rings (SSSR count). The number of piperidine rings is 1. The largest absolute Gasteiger partial charge is 0.371 e. The van der Waals surface area contributed by atoms with Crippen LogP contribution in [0.5, 0.6) is 0 Å². The van der Waals surface area contributed by atoms with Crippen LogP contribution in [0.4, 0.5) is 15.9 Å². The van der Waals surface area contributed by atoms with E-state index in [1.807, 2.05) is 4.90 Å². The molecule has 186 valence electrons. The van der Waals surface area contributed by atoms with Gasteiger partial charge in [-0.15, -0.1) is 12.4 Å². The molecule has 0 spiro atoms. The van der Waals surface area contributed by atoms with Crippen molar-refractivity contribution in [1.82, 2.24) is 14.9 Å². The van der Waals surface area contributed by atoms with Gasteiger partial charge in [-0.25, -0.2) is 22.8 Å². The summed E-state index contributed by atoms with van der Waals surface area (Å²) in [5.41, 5.74) is 0.138. The van der Waals surface area contributed by atoms with E-state index < -0.39 is 21.7 Å². The fourth-order valence-corrected chi connectivity index (χ4v) is 5.20. The third-order valence-electron chi connectivity index (χ3n) is 6.26. The van der Waals surface area contributed by atoms with Crippen molar-refractivity contribution < 1.29 is 17.6 Å². The van der Waals surface area contributed by atoms with Gasteiger partial charge in [0.25, 0.3) is 0 Å². The number of carbonyl (C=O) groups excluding carboxylic acids is 1. The molecule has 2 aliphatic rings. The quantitative estimate of drug-likeness (QED) is 0.629. The number of amides is 1. The Morgan fingerprint density at radius 2 is 1.82 bits per heavy atom. The summed E-state index contributed by atoms with van der Waals surface area (Å²) in [7, 11) is -3.50. The Kier molecular flexibility index (Phi) is 8.59. The minimum Gasteiger partial charge on any atom is -0.371 e. The van der Waals surface area contributed by atoms with E-state index >= 15 is 0 Å². The van der Waals surface area contributed by atoms with E-state index in [4.69, 9.17) is 11.6 Å². The smallest absolute Gasteiger partial charge is 0.245 e. The van der Waals surface area contributed by atoms with Gasteiger partial charge in [0.2, 0.25) is 5.91 Å². The van der Waals surface area contributed by atoms with Crippen molar-refractivity contribution >= 4 is 51.3 Å². The number of nitrogens with one attached hydrogen (secondary N) is 1. The van der Waals surface area contributed by atoms with Crippen molar-refractivity contribution in [2.75, 3.05) is 36.1 Å². The number of sulfone groups is 1. The number of benzene rings is 1. The second kappa shape index (κ2) is 11.0. The maximum Gasteiger partial charge on any atom is 0.245 e. The summed E-state index contributed by atoms with van der Waals surface area (Å²) in [5, 5.41) is 3.38. The van der Waals surface area contributed by atoms with Crippen molar-refractivity contribution in [2.45, 2.75) is 49.1 Å². The molecule has 0 bridgehead atoms. The van der Waals surface area contributed by atoms with Crippen LogP contribution in [0.1, 0.15) is 32.1 Å². The highest BCUT2D eigenvalue weighted by atomic mass is 35.5. The van der Waals surface area contributed by atoms with Gasteiger partial charge in [0.15, 0.2) is 9.84 Å². The van der Waals surface area contributed by atoms with E-state index in [2.05, 4.69) is 20.2 Å². The number of rotatable bonds is 5. The van der Waals surface area contributed by atoms with Gasteiger partial charge in [-0.05, 0) is 50.3 Å². The lowest BCUT2D eigenvalue weighted by atomic mass is 10.0. The van der Waals surface area contributed by atoms with Gasteiger partial charge in [-0.3, -0.25) is 4.79 Å². The van der Waals surface area contributed by atoms with Crippen molar-refractivity contribution in [2.24, 2.45) is 0 Å². The van der Waals surface area contributed by atoms with E-state index in [1.54, 1.807) is 6.20 Å². The standard InChI is InChI=1S/C22H27ClFN5O3S.ClH/c1-33(31,32)16-5-6-18(17(24)12-16)27-19-4-2-3-9-29(22(19)30)15-7-10-28(11-8-15)21-14-25-20(23)13-26-21;/h5-6,12-15,19,27H,2-4,7-11H2,1H3;1H. The number of hydrogen-bond donors (Lipinski definition) is 1. The molecule has 1 aromatic heterocycles. The molecule has 12 heteroatoms. The van der Waals surface area contributed by atoms with Crippen LogP contribution in [0.2, 0.25) is 5.15 Å². The predicted octanol–water partition coefficient (Wildman–Crippen LogP) is 3.56. The number of anilines is 2.